The molecule has 0 bridgehead atoms. The monoisotopic (exact) mass is 154 g/mol. The molecule has 0 fully saturated rings. The Morgan fingerprint density at radius 1 is 1.64 bits per heavy atom. The van der Waals surface area contributed by atoms with Crippen molar-refractivity contribution in [3.8, 4) is 0 Å². The number of hydrogen-bond donors (Lipinski definition) is 1. The van der Waals surface area contributed by atoms with Crippen LogP contribution in [-0.4, -0.2) is 24.6 Å². The van der Waals surface area contributed by atoms with Gasteiger partial charge in [0.15, 0.2) is 5.66 Å². The van der Waals surface area contributed by atoms with E-state index in [-0.39, 0.29) is 11.7 Å². The highest BCUT2D eigenvalue weighted by Crippen LogP contribution is 2.40. The summed E-state index contributed by atoms with van der Waals surface area (Å²) in [6.45, 7) is 3.70. The Hall–Kier alpha value is -0.865. The van der Waals surface area contributed by atoms with E-state index in [1.54, 1.807) is 7.85 Å². The molecule has 0 aromatic rings. The summed E-state index contributed by atoms with van der Waals surface area (Å²) < 4.78 is 0. The third-order valence-electron chi connectivity index (χ3n) is 2.42. The van der Waals surface area contributed by atoms with E-state index in [4.69, 9.17) is 5.11 Å². The Morgan fingerprint density at radius 2 is 2.09 bits per heavy atom. The molecule has 0 saturated heterocycles. The van der Waals surface area contributed by atoms with Crippen molar-refractivity contribution in [2.24, 2.45) is 16.1 Å². The first-order chi connectivity index (χ1) is 4.97. The molecule has 11 heavy (non-hydrogen) atoms. The first-order valence-corrected chi connectivity index (χ1v) is 3.64. The molecule has 0 aromatic heterocycles. The number of carbonyl (C=O) groups is 1. The molecule has 1 N–H and O–H groups in total. The third-order valence-corrected chi connectivity index (χ3v) is 2.42. The van der Waals surface area contributed by atoms with Crippen LogP contribution < -0.4 is 0 Å². The molecule has 2 unspecified atom stereocenters. The number of carboxylic acid groups (broad SMARTS) is 1. The fourth-order valence-electron chi connectivity index (χ4n) is 0.948. The van der Waals surface area contributed by atoms with Crippen LogP contribution in [0.4, 0.5) is 0 Å². The number of rotatable bonds is 3. The smallest absolute Gasteiger partial charge is 0.298 e. The van der Waals surface area contributed by atoms with Crippen molar-refractivity contribution in [3.63, 3.8) is 0 Å². The Balaban J connectivity index is 2.54. The number of carboxylic acids is 1. The maximum Gasteiger partial charge on any atom is 0.298 e. The molecule has 5 heteroatoms. The number of nitrogens with zero attached hydrogens (tertiary/aromatic N) is 2. The van der Waals surface area contributed by atoms with Gasteiger partial charge in [-0.05, 0) is 6.92 Å². The van der Waals surface area contributed by atoms with E-state index in [9.17, 15) is 4.79 Å². The van der Waals surface area contributed by atoms with E-state index < -0.39 is 11.6 Å². The summed E-state index contributed by atoms with van der Waals surface area (Å²) in [7, 11) is 1.68. The zero-order valence-corrected chi connectivity index (χ0v) is 6.90. The van der Waals surface area contributed by atoms with E-state index in [0.717, 1.165) is 0 Å². The summed E-state index contributed by atoms with van der Waals surface area (Å²) in [6, 6.07) is 0. The average Bonchev–Trinajstić information content (AvgIpc) is 2.66. The first kappa shape index (κ1) is 8.23. The lowest BCUT2D eigenvalue weighted by Gasteiger charge is -2.18. The van der Waals surface area contributed by atoms with Crippen LogP contribution in [0.1, 0.15) is 13.8 Å². The SMILES string of the molecule is BC(C(=O)O)C(C)C1(C)N=N1. The van der Waals surface area contributed by atoms with Gasteiger partial charge in [-0.3, -0.25) is 4.79 Å². The zero-order chi connectivity index (χ0) is 8.65. The Kier molecular flexibility index (Phi) is 1.74. The fraction of sp³-hybridized carbons (Fsp3) is 0.833. The second kappa shape index (κ2) is 2.32. The largest absolute Gasteiger partial charge is 0.482 e. The molecule has 4 nitrogen and oxygen atoms in total. The van der Waals surface area contributed by atoms with Crippen LogP contribution in [0.15, 0.2) is 10.2 Å². The minimum absolute atomic E-state index is 0.0139. The summed E-state index contributed by atoms with van der Waals surface area (Å²) in [5.74, 6) is -1.17. The molecule has 1 aliphatic heterocycles. The van der Waals surface area contributed by atoms with Crippen LogP contribution in [0.5, 0.6) is 0 Å². The van der Waals surface area contributed by atoms with Crippen molar-refractivity contribution in [3.05, 3.63) is 0 Å². The Morgan fingerprint density at radius 3 is 2.36 bits per heavy atom. The number of hydrogen-bond acceptors (Lipinski definition) is 3. The molecular formula is C6H11BN2O2. The van der Waals surface area contributed by atoms with Crippen LogP contribution in [0.25, 0.3) is 0 Å². The van der Waals surface area contributed by atoms with E-state index in [1.807, 2.05) is 13.8 Å². The van der Waals surface area contributed by atoms with Crippen LogP contribution in [0.3, 0.4) is 0 Å². The molecule has 1 rings (SSSR count). The van der Waals surface area contributed by atoms with Crippen LogP contribution in [0, 0.1) is 5.92 Å². The highest BCUT2D eigenvalue weighted by atomic mass is 16.4. The Bertz CT molecular complexity index is 211. The molecule has 0 aliphatic carbocycles. The summed E-state index contributed by atoms with van der Waals surface area (Å²) in [6.07, 6.45) is 0. The standard InChI is InChI=1S/C6H11BN2O2/c1-3(4(7)5(10)11)6(2)8-9-6/h3-4H,7H2,1-2H3,(H,10,11). The normalized spacial score (nSPS) is 24.2. The lowest BCUT2D eigenvalue weighted by molar-refractivity contribution is -0.138. The van der Waals surface area contributed by atoms with Crippen molar-refractivity contribution in [1.29, 1.82) is 0 Å². The fourth-order valence-corrected chi connectivity index (χ4v) is 0.948. The van der Waals surface area contributed by atoms with Gasteiger partial charge in [0.05, 0.1) is 0 Å². The van der Waals surface area contributed by atoms with Gasteiger partial charge in [-0.15, -0.1) is 0 Å². The van der Waals surface area contributed by atoms with Gasteiger partial charge < -0.3 is 5.11 Å². The molecule has 0 radical (unpaired) electrons. The molecule has 0 saturated carbocycles. The minimum atomic E-state index is -0.781. The van der Waals surface area contributed by atoms with Gasteiger partial charge in [0.2, 0.25) is 0 Å². The molecule has 0 spiro atoms. The van der Waals surface area contributed by atoms with Gasteiger partial charge in [-0.1, -0.05) is 6.92 Å². The second-order valence-corrected chi connectivity index (χ2v) is 3.21. The van der Waals surface area contributed by atoms with E-state index in [2.05, 4.69) is 10.2 Å². The quantitative estimate of drug-likeness (QED) is 0.594. The van der Waals surface area contributed by atoms with E-state index in [0.29, 0.717) is 0 Å². The van der Waals surface area contributed by atoms with Crippen molar-refractivity contribution in [2.75, 3.05) is 0 Å². The van der Waals surface area contributed by atoms with Crippen molar-refractivity contribution in [2.45, 2.75) is 25.3 Å². The summed E-state index contributed by atoms with van der Waals surface area (Å²) in [5, 5.41) is 16.3. The predicted octanol–water partition coefficient (Wildman–Crippen LogP) is 0.311. The van der Waals surface area contributed by atoms with Gasteiger partial charge >= 0.3 is 0 Å². The van der Waals surface area contributed by atoms with Crippen LogP contribution in [-0.2, 0) is 4.79 Å². The molecule has 0 amide bonds. The van der Waals surface area contributed by atoms with Gasteiger partial charge in [-0.25, -0.2) is 0 Å². The van der Waals surface area contributed by atoms with Crippen LogP contribution in [0.2, 0.25) is 5.82 Å². The van der Waals surface area contributed by atoms with E-state index in [1.165, 1.54) is 0 Å². The first-order valence-electron chi connectivity index (χ1n) is 3.64. The topological polar surface area (TPSA) is 62.0 Å². The third kappa shape index (κ3) is 1.41. The molecule has 1 heterocycles. The van der Waals surface area contributed by atoms with Crippen molar-refractivity contribution < 1.29 is 9.90 Å². The van der Waals surface area contributed by atoms with Gasteiger partial charge in [0, 0.05) is 11.7 Å². The summed E-state index contributed by atoms with van der Waals surface area (Å²) in [5.41, 5.74) is -0.419. The molecule has 2 atom stereocenters. The van der Waals surface area contributed by atoms with Crippen molar-refractivity contribution >= 4 is 13.8 Å². The highest BCUT2D eigenvalue weighted by molar-refractivity contribution is 6.22. The lowest BCUT2D eigenvalue weighted by Crippen LogP contribution is -2.27. The van der Waals surface area contributed by atoms with E-state index >= 15 is 0 Å². The van der Waals surface area contributed by atoms with Gasteiger partial charge in [-0.2, -0.15) is 10.2 Å². The molecular weight excluding hydrogens is 143 g/mol. The van der Waals surface area contributed by atoms with Crippen LogP contribution >= 0.6 is 0 Å². The summed E-state index contributed by atoms with van der Waals surface area (Å²) in [4.78, 5) is 10.5. The van der Waals surface area contributed by atoms with Crippen molar-refractivity contribution in [1.82, 2.24) is 0 Å². The molecule has 60 valence electrons. The molecule has 0 aromatic carbocycles. The summed E-state index contributed by atoms with van der Waals surface area (Å²) >= 11 is 0. The minimum Gasteiger partial charge on any atom is -0.482 e. The maximum absolute atomic E-state index is 10.5. The van der Waals surface area contributed by atoms with Gasteiger partial charge in [0.1, 0.15) is 7.85 Å². The lowest BCUT2D eigenvalue weighted by atomic mass is 9.73. The Labute approximate surface area is 66.1 Å². The zero-order valence-electron chi connectivity index (χ0n) is 6.90. The highest BCUT2D eigenvalue weighted by Gasteiger charge is 2.44. The maximum atomic E-state index is 10.5. The molecule has 1 aliphatic rings. The second-order valence-electron chi connectivity index (χ2n) is 3.21. The predicted molar refractivity (Wildman–Crippen MR) is 42.4 cm³/mol. The van der Waals surface area contributed by atoms with Gasteiger partial charge in [0.25, 0.3) is 5.97 Å². The number of aliphatic carboxylic acids is 1. The average molecular weight is 154 g/mol.